The van der Waals surface area contributed by atoms with Gasteiger partial charge in [-0.1, -0.05) is 36.4 Å². The van der Waals surface area contributed by atoms with Crippen molar-refractivity contribution in [2.75, 3.05) is 11.6 Å². The molecule has 0 atom stereocenters. The van der Waals surface area contributed by atoms with E-state index in [1.807, 2.05) is 85.3 Å². The smallest absolute Gasteiger partial charge is 0.228 e. The molecule has 0 spiro atoms. The molecule has 4 aromatic rings. The van der Waals surface area contributed by atoms with Crippen LogP contribution in [0.3, 0.4) is 0 Å². The van der Waals surface area contributed by atoms with Crippen molar-refractivity contribution >= 4 is 29.0 Å². The Labute approximate surface area is 174 Å². The number of hydrogen-bond donors (Lipinski definition) is 1. The first kappa shape index (κ1) is 19.2. The summed E-state index contributed by atoms with van der Waals surface area (Å²) in [6.07, 6.45) is 2.27. The summed E-state index contributed by atoms with van der Waals surface area (Å²) >= 11 is 1.65. The second kappa shape index (κ2) is 8.09. The number of hydrogen-bond acceptors (Lipinski definition) is 4. The number of nitrogens with one attached hydrogen (secondary N) is 1. The van der Waals surface area contributed by atoms with Crippen LogP contribution in [0.2, 0.25) is 0 Å². The van der Waals surface area contributed by atoms with Crippen LogP contribution in [0.25, 0.3) is 16.9 Å². The van der Waals surface area contributed by atoms with Crippen LogP contribution in [0, 0.1) is 13.8 Å². The molecule has 2 heterocycles. The van der Waals surface area contributed by atoms with Gasteiger partial charge in [0.1, 0.15) is 0 Å². The van der Waals surface area contributed by atoms with Crippen LogP contribution in [-0.4, -0.2) is 26.8 Å². The molecule has 5 nitrogen and oxygen atoms in total. The molecule has 0 radical (unpaired) electrons. The first-order valence-electron chi connectivity index (χ1n) is 9.40. The highest BCUT2D eigenvalue weighted by Gasteiger charge is 2.16. The first-order valence-corrected chi connectivity index (χ1v) is 10.6. The third kappa shape index (κ3) is 4.03. The van der Waals surface area contributed by atoms with Crippen LogP contribution in [0.1, 0.15) is 17.0 Å². The number of nitrogens with zero attached hydrogens (tertiary/aromatic N) is 3. The van der Waals surface area contributed by atoms with E-state index in [4.69, 9.17) is 5.10 Å². The van der Waals surface area contributed by atoms with Crippen molar-refractivity contribution in [3.8, 4) is 11.3 Å². The van der Waals surface area contributed by atoms with Crippen molar-refractivity contribution in [3.63, 3.8) is 0 Å². The number of amides is 1. The Kier molecular flexibility index (Phi) is 5.36. The Morgan fingerprint density at radius 1 is 1.07 bits per heavy atom. The van der Waals surface area contributed by atoms with Gasteiger partial charge in [0.25, 0.3) is 0 Å². The Hall–Kier alpha value is -3.12. The standard InChI is InChI=1S/C23H22N4OS/c1-15-20(13-23(28)25-18-10-7-11-19(12-18)29-3)16(2)27-22(24-15)14-21(26-27)17-8-5-4-6-9-17/h4-12,14H,13H2,1-3H3,(H,25,28). The molecular weight excluding hydrogens is 380 g/mol. The van der Waals surface area contributed by atoms with E-state index in [2.05, 4.69) is 10.3 Å². The quantitative estimate of drug-likeness (QED) is 0.482. The van der Waals surface area contributed by atoms with Gasteiger partial charge < -0.3 is 5.32 Å². The minimum atomic E-state index is -0.0638. The van der Waals surface area contributed by atoms with Gasteiger partial charge in [0, 0.05) is 39.2 Å². The minimum absolute atomic E-state index is 0.0638. The minimum Gasteiger partial charge on any atom is -0.326 e. The van der Waals surface area contributed by atoms with Gasteiger partial charge in [0.2, 0.25) is 5.91 Å². The average molecular weight is 403 g/mol. The van der Waals surface area contributed by atoms with Crippen molar-refractivity contribution in [3.05, 3.63) is 77.6 Å². The van der Waals surface area contributed by atoms with Gasteiger partial charge in [-0.15, -0.1) is 11.8 Å². The molecular formula is C23H22N4OS. The number of aryl methyl sites for hydroxylation is 2. The van der Waals surface area contributed by atoms with Gasteiger partial charge in [0.05, 0.1) is 12.1 Å². The number of rotatable bonds is 5. The van der Waals surface area contributed by atoms with E-state index in [0.717, 1.165) is 44.4 Å². The maximum absolute atomic E-state index is 12.7. The Bertz CT molecular complexity index is 1180. The lowest BCUT2D eigenvalue weighted by atomic mass is 10.1. The summed E-state index contributed by atoms with van der Waals surface area (Å²) in [5.41, 5.74) is 6.19. The van der Waals surface area contributed by atoms with Crippen LogP contribution in [-0.2, 0) is 11.2 Å². The largest absolute Gasteiger partial charge is 0.326 e. The predicted molar refractivity (Wildman–Crippen MR) is 118 cm³/mol. The predicted octanol–water partition coefficient (Wildman–Crippen LogP) is 4.92. The molecule has 2 aromatic heterocycles. The van der Waals surface area contributed by atoms with Crippen molar-refractivity contribution in [1.29, 1.82) is 0 Å². The van der Waals surface area contributed by atoms with Gasteiger partial charge in [-0.3, -0.25) is 4.79 Å². The number of carbonyl (C=O) groups excluding carboxylic acids is 1. The Morgan fingerprint density at radius 3 is 2.62 bits per heavy atom. The lowest BCUT2D eigenvalue weighted by Gasteiger charge is -2.11. The fraction of sp³-hybridized carbons (Fsp3) is 0.174. The van der Waals surface area contributed by atoms with Crippen LogP contribution in [0.15, 0.2) is 65.6 Å². The molecule has 1 N–H and O–H groups in total. The van der Waals surface area contributed by atoms with Gasteiger partial charge in [0.15, 0.2) is 5.65 Å². The molecule has 6 heteroatoms. The van der Waals surface area contributed by atoms with Crippen LogP contribution in [0.4, 0.5) is 5.69 Å². The van der Waals surface area contributed by atoms with E-state index in [1.165, 1.54) is 0 Å². The maximum Gasteiger partial charge on any atom is 0.228 e. The molecule has 0 aliphatic carbocycles. The topological polar surface area (TPSA) is 59.3 Å². The average Bonchev–Trinajstić information content (AvgIpc) is 3.16. The fourth-order valence-electron chi connectivity index (χ4n) is 3.40. The highest BCUT2D eigenvalue weighted by Crippen LogP contribution is 2.23. The summed E-state index contributed by atoms with van der Waals surface area (Å²) in [6.45, 7) is 3.93. The summed E-state index contributed by atoms with van der Waals surface area (Å²) in [5, 5.41) is 7.71. The number of carbonyl (C=O) groups is 1. The van der Waals surface area contributed by atoms with Gasteiger partial charge in [-0.05, 0) is 38.3 Å². The molecule has 0 aliphatic heterocycles. The molecule has 146 valence electrons. The van der Waals surface area contributed by atoms with Gasteiger partial charge >= 0.3 is 0 Å². The van der Waals surface area contributed by atoms with Crippen molar-refractivity contribution in [1.82, 2.24) is 14.6 Å². The van der Waals surface area contributed by atoms with E-state index in [1.54, 1.807) is 11.8 Å². The summed E-state index contributed by atoms with van der Waals surface area (Å²) in [6, 6.07) is 19.9. The van der Waals surface area contributed by atoms with Crippen molar-refractivity contribution in [2.45, 2.75) is 25.2 Å². The third-order valence-electron chi connectivity index (χ3n) is 4.92. The molecule has 0 unspecified atom stereocenters. The molecule has 29 heavy (non-hydrogen) atoms. The highest BCUT2D eigenvalue weighted by atomic mass is 32.2. The number of aromatic nitrogens is 3. The molecule has 0 saturated heterocycles. The second-order valence-electron chi connectivity index (χ2n) is 6.88. The second-order valence-corrected chi connectivity index (χ2v) is 7.76. The molecule has 0 fully saturated rings. The summed E-state index contributed by atoms with van der Waals surface area (Å²) < 4.78 is 1.83. The summed E-state index contributed by atoms with van der Waals surface area (Å²) in [7, 11) is 0. The fourth-order valence-corrected chi connectivity index (χ4v) is 3.86. The zero-order chi connectivity index (χ0) is 20.4. The molecule has 0 aliphatic rings. The Morgan fingerprint density at radius 2 is 1.86 bits per heavy atom. The summed E-state index contributed by atoms with van der Waals surface area (Å²) in [4.78, 5) is 18.5. The third-order valence-corrected chi connectivity index (χ3v) is 5.65. The number of anilines is 1. The van der Waals surface area contributed by atoms with Gasteiger partial charge in [-0.2, -0.15) is 5.10 Å². The highest BCUT2D eigenvalue weighted by molar-refractivity contribution is 7.98. The Balaban J connectivity index is 1.62. The van der Waals surface area contributed by atoms with Gasteiger partial charge in [-0.25, -0.2) is 9.50 Å². The number of benzene rings is 2. The van der Waals surface area contributed by atoms with E-state index in [9.17, 15) is 4.79 Å². The molecule has 0 saturated carbocycles. The molecule has 1 amide bonds. The van der Waals surface area contributed by atoms with Crippen LogP contribution >= 0.6 is 11.8 Å². The molecule has 2 aromatic carbocycles. The van der Waals surface area contributed by atoms with E-state index in [0.29, 0.717) is 0 Å². The maximum atomic E-state index is 12.7. The number of fused-ring (bicyclic) bond motifs is 1. The normalized spacial score (nSPS) is 11.0. The molecule has 0 bridgehead atoms. The first-order chi connectivity index (χ1) is 14.0. The zero-order valence-electron chi connectivity index (χ0n) is 16.6. The van der Waals surface area contributed by atoms with Crippen LogP contribution < -0.4 is 5.32 Å². The summed E-state index contributed by atoms with van der Waals surface area (Å²) in [5.74, 6) is -0.0638. The lowest BCUT2D eigenvalue weighted by Crippen LogP contribution is -2.17. The van der Waals surface area contributed by atoms with E-state index in [-0.39, 0.29) is 12.3 Å². The number of thioether (sulfide) groups is 1. The molecule has 4 rings (SSSR count). The van der Waals surface area contributed by atoms with Crippen molar-refractivity contribution < 1.29 is 4.79 Å². The zero-order valence-corrected chi connectivity index (χ0v) is 17.5. The SMILES string of the molecule is CSc1cccc(NC(=O)Cc2c(C)nc3cc(-c4ccccc4)nn3c2C)c1. The van der Waals surface area contributed by atoms with E-state index < -0.39 is 0 Å². The van der Waals surface area contributed by atoms with Crippen molar-refractivity contribution in [2.24, 2.45) is 0 Å². The lowest BCUT2D eigenvalue weighted by molar-refractivity contribution is -0.115. The van der Waals surface area contributed by atoms with Crippen LogP contribution in [0.5, 0.6) is 0 Å². The van der Waals surface area contributed by atoms with E-state index >= 15 is 0 Å². The monoisotopic (exact) mass is 402 g/mol.